The molecule has 0 spiro atoms. The summed E-state index contributed by atoms with van der Waals surface area (Å²) in [5.41, 5.74) is 0. The van der Waals surface area contributed by atoms with Crippen molar-refractivity contribution in [2.45, 2.75) is 31.6 Å². The van der Waals surface area contributed by atoms with Gasteiger partial charge in [-0.25, -0.2) is 13.2 Å². The van der Waals surface area contributed by atoms with Gasteiger partial charge in [-0.2, -0.15) is 0 Å². The fourth-order valence-electron chi connectivity index (χ4n) is 2.67. The highest BCUT2D eigenvalue weighted by Gasteiger charge is 2.33. The average Bonchev–Trinajstić information content (AvgIpc) is 2.92. The minimum Gasteiger partial charge on any atom is -0.485 e. The Balaban J connectivity index is 1.52. The van der Waals surface area contributed by atoms with Gasteiger partial charge >= 0.3 is 5.97 Å². The van der Waals surface area contributed by atoms with Crippen LogP contribution < -0.4 is 14.8 Å². The lowest BCUT2D eigenvalue weighted by molar-refractivity contribution is -0.163. The van der Waals surface area contributed by atoms with Crippen molar-refractivity contribution in [3.05, 3.63) is 24.3 Å². The van der Waals surface area contributed by atoms with Crippen molar-refractivity contribution < 1.29 is 32.2 Å². The van der Waals surface area contributed by atoms with Crippen LogP contribution in [-0.4, -0.2) is 56.7 Å². The van der Waals surface area contributed by atoms with Crippen LogP contribution in [-0.2, 0) is 24.2 Å². The van der Waals surface area contributed by atoms with Crippen molar-refractivity contribution in [3.63, 3.8) is 0 Å². The number of hydrogen-bond donors (Lipinski definition) is 1. The first-order valence-electron chi connectivity index (χ1n) is 7.94. The Morgan fingerprint density at radius 3 is 2.68 bits per heavy atom. The summed E-state index contributed by atoms with van der Waals surface area (Å²) in [6, 6.07) is 6.49. The van der Waals surface area contributed by atoms with Gasteiger partial charge in [0.2, 0.25) is 6.10 Å². The topological polar surface area (TPSA) is 108 Å². The van der Waals surface area contributed by atoms with E-state index in [9.17, 15) is 18.0 Å². The molecule has 0 bridgehead atoms. The molecule has 3 atom stereocenters. The van der Waals surface area contributed by atoms with Gasteiger partial charge in [-0.15, -0.1) is 0 Å². The van der Waals surface area contributed by atoms with Crippen molar-refractivity contribution in [1.82, 2.24) is 5.32 Å². The van der Waals surface area contributed by atoms with Crippen LogP contribution in [0.25, 0.3) is 0 Å². The predicted molar refractivity (Wildman–Crippen MR) is 87.1 cm³/mol. The Kier molecular flexibility index (Phi) is 4.85. The Morgan fingerprint density at radius 2 is 2.00 bits per heavy atom. The van der Waals surface area contributed by atoms with Crippen LogP contribution in [0.2, 0.25) is 0 Å². The minimum absolute atomic E-state index is 0.00887. The zero-order chi connectivity index (χ0) is 18.0. The summed E-state index contributed by atoms with van der Waals surface area (Å²) in [5.74, 6) is -0.304. The maximum absolute atomic E-state index is 12.2. The first-order chi connectivity index (χ1) is 11.8. The lowest BCUT2D eigenvalue weighted by Crippen LogP contribution is -2.45. The molecule has 1 aromatic rings. The summed E-state index contributed by atoms with van der Waals surface area (Å²) >= 11 is 0. The van der Waals surface area contributed by atoms with Crippen LogP contribution >= 0.6 is 0 Å². The lowest BCUT2D eigenvalue weighted by Gasteiger charge is -2.26. The second kappa shape index (κ2) is 6.91. The maximum Gasteiger partial charge on any atom is 0.351 e. The van der Waals surface area contributed by atoms with Gasteiger partial charge in [-0.1, -0.05) is 12.1 Å². The van der Waals surface area contributed by atoms with E-state index >= 15 is 0 Å². The molecule has 25 heavy (non-hydrogen) atoms. The number of para-hydroxylation sites is 2. The smallest absolute Gasteiger partial charge is 0.351 e. The molecule has 9 heteroatoms. The number of sulfone groups is 1. The molecular weight excluding hydrogens is 350 g/mol. The Morgan fingerprint density at radius 1 is 1.28 bits per heavy atom. The molecule has 136 valence electrons. The molecule has 2 aliphatic heterocycles. The zero-order valence-corrected chi connectivity index (χ0v) is 14.5. The second-order valence-corrected chi connectivity index (χ2v) is 8.28. The number of esters is 1. The van der Waals surface area contributed by atoms with Gasteiger partial charge in [0, 0.05) is 6.04 Å². The number of nitrogens with one attached hydrogen (secondary N) is 1. The molecule has 1 fully saturated rings. The molecule has 2 heterocycles. The minimum atomic E-state index is -3.09. The van der Waals surface area contributed by atoms with E-state index in [2.05, 4.69) is 5.32 Å². The highest BCUT2D eigenvalue weighted by Crippen LogP contribution is 2.31. The Bertz CT molecular complexity index is 776. The molecule has 1 aromatic carbocycles. The molecule has 0 saturated carbocycles. The van der Waals surface area contributed by atoms with Gasteiger partial charge in [0.1, 0.15) is 6.61 Å². The van der Waals surface area contributed by atoms with Crippen LogP contribution in [0, 0.1) is 0 Å². The quantitative estimate of drug-likeness (QED) is 0.748. The van der Waals surface area contributed by atoms with Gasteiger partial charge in [0.25, 0.3) is 5.91 Å². The molecular formula is C16H19NO7S. The zero-order valence-electron chi connectivity index (χ0n) is 13.6. The third-order valence-corrected chi connectivity index (χ3v) is 5.78. The number of carbonyl (C=O) groups is 2. The van der Waals surface area contributed by atoms with Gasteiger partial charge < -0.3 is 19.5 Å². The van der Waals surface area contributed by atoms with E-state index in [0.717, 1.165) is 0 Å². The van der Waals surface area contributed by atoms with Crippen molar-refractivity contribution in [2.24, 2.45) is 0 Å². The van der Waals surface area contributed by atoms with Gasteiger partial charge in [-0.3, -0.25) is 4.79 Å². The maximum atomic E-state index is 12.2. The van der Waals surface area contributed by atoms with E-state index in [0.29, 0.717) is 17.9 Å². The van der Waals surface area contributed by atoms with Crippen molar-refractivity contribution in [3.8, 4) is 11.5 Å². The molecule has 0 aromatic heterocycles. The first-order valence-corrected chi connectivity index (χ1v) is 9.76. The van der Waals surface area contributed by atoms with Crippen LogP contribution in [0.5, 0.6) is 11.5 Å². The van der Waals surface area contributed by atoms with Crippen LogP contribution in [0.1, 0.15) is 13.3 Å². The van der Waals surface area contributed by atoms with Crippen LogP contribution in [0.3, 0.4) is 0 Å². The number of rotatable bonds is 4. The average molecular weight is 369 g/mol. The molecule has 1 N–H and O–H groups in total. The third-order valence-electron chi connectivity index (χ3n) is 4.01. The van der Waals surface area contributed by atoms with E-state index in [1.54, 1.807) is 24.3 Å². The lowest BCUT2D eigenvalue weighted by atomic mass is 10.2. The number of fused-ring (bicyclic) bond motifs is 1. The fraction of sp³-hybridized carbons (Fsp3) is 0.500. The van der Waals surface area contributed by atoms with E-state index < -0.39 is 40.0 Å². The number of carbonyl (C=O) groups excluding carboxylic acids is 2. The molecule has 2 aliphatic rings. The predicted octanol–water partition coefficient (Wildman–Crippen LogP) is 0.0614. The standard InChI is InChI=1S/C16H19NO7S/c1-10(15(18)17-11-6-7-25(20,21)9-11)23-16(19)14-8-22-12-4-2-3-5-13(12)24-14/h2-5,10-11,14H,6-9H2,1H3,(H,17,18)/t10-,11+,14+/m1/s1. The van der Waals surface area contributed by atoms with Crippen molar-refractivity contribution in [2.75, 3.05) is 18.1 Å². The molecule has 3 rings (SSSR count). The molecule has 8 nitrogen and oxygen atoms in total. The normalized spacial score (nSPS) is 25.0. The Hall–Kier alpha value is -2.29. The summed E-state index contributed by atoms with van der Waals surface area (Å²) in [5, 5.41) is 2.59. The summed E-state index contributed by atoms with van der Waals surface area (Å²) < 4.78 is 38.9. The summed E-state index contributed by atoms with van der Waals surface area (Å²) in [6.45, 7) is 1.42. The molecule has 1 amide bonds. The van der Waals surface area contributed by atoms with Crippen LogP contribution in [0.4, 0.5) is 0 Å². The van der Waals surface area contributed by atoms with Gasteiger partial charge in [0.05, 0.1) is 11.5 Å². The van der Waals surface area contributed by atoms with Gasteiger partial charge in [-0.05, 0) is 25.5 Å². The third kappa shape index (κ3) is 4.22. The number of hydrogen-bond acceptors (Lipinski definition) is 7. The first kappa shape index (κ1) is 17.5. The van der Waals surface area contributed by atoms with E-state index in [1.807, 2.05) is 0 Å². The van der Waals surface area contributed by atoms with Crippen molar-refractivity contribution in [1.29, 1.82) is 0 Å². The highest BCUT2D eigenvalue weighted by molar-refractivity contribution is 7.91. The highest BCUT2D eigenvalue weighted by atomic mass is 32.2. The van der Waals surface area contributed by atoms with Crippen LogP contribution in [0.15, 0.2) is 24.3 Å². The largest absolute Gasteiger partial charge is 0.485 e. The molecule has 1 saturated heterocycles. The second-order valence-electron chi connectivity index (χ2n) is 6.05. The summed E-state index contributed by atoms with van der Waals surface area (Å²) in [4.78, 5) is 24.2. The number of benzene rings is 1. The monoisotopic (exact) mass is 369 g/mol. The van der Waals surface area contributed by atoms with Gasteiger partial charge in [0.15, 0.2) is 27.4 Å². The van der Waals surface area contributed by atoms with E-state index in [4.69, 9.17) is 14.2 Å². The number of ether oxygens (including phenoxy) is 3. The summed E-state index contributed by atoms with van der Waals surface area (Å²) in [7, 11) is -3.09. The molecule has 0 unspecified atom stereocenters. The number of amides is 1. The molecule has 0 aliphatic carbocycles. The summed E-state index contributed by atoms with van der Waals surface area (Å²) in [6.07, 6.45) is -1.65. The molecule has 0 radical (unpaired) electrons. The van der Waals surface area contributed by atoms with E-state index in [1.165, 1.54) is 6.92 Å². The van der Waals surface area contributed by atoms with Crippen molar-refractivity contribution >= 4 is 21.7 Å². The SMILES string of the molecule is C[C@@H](OC(=O)[C@@H]1COc2ccccc2O1)C(=O)N[C@H]1CCS(=O)(=O)C1. The Labute approximate surface area is 145 Å². The van der Waals surface area contributed by atoms with E-state index in [-0.39, 0.29) is 18.1 Å². The fourth-order valence-corrected chi connectivity index (χ4v) is 4.34.